The van der Waals surface area contributed by atoms with Crippen LogP contribution >= 0.6 is 0 Å². The number of amides is 1. The summed E-state index contributed by atoms with van der Waals surface area (Å²) in [6, 6.07) is 11.6. The Morgan fingerprint density at radius 3 is 2.62 bits per heavy atom. The maximum absolute atomic E-state index is 12.3. The van der Waals surface area contributed by atoms with Gasteiger partial charge in [0.15, 0.2) is 17.6 Å². The summed E-state index contributed by atoms with van der Waals surface area (Å²) in [5.74, 6) is 0.682. The van der Waals surface area contributed by atoms with Crippen LogP contribution in [0.3, 0.4) is 0 Å². The van der Waals surface area contributed by atoms with E-state index in [0.29, 0.717) is 41.7 Å². The molecular weight excluding hydrogens is 338 g/mol. The Hall–Kier alpha value is -3.22. The summed E-state index contributed by atoms with van der Waals surface area (Å²) < 4.78 is 21.2. The maximum Gasteiger partial charge on any atom is 0.339 e. The lowest BCUT2D eigenvalue weighted by molar-refractivity contribution is -0.123. The molecule has 136 valence electrons. The summed E-state index contributed by atoms with van der Waals surface area (Å²) in [6.45, 7) is 2.46. The predicted octanol–water partition coefficient (Wildman–Crippen LogP) is 2.65. The van der Waals surface area contributed by atoms with Gasteiger partial charge in [0.25, 0.3) is 5.91 Å². The molecule has 3 rings (SSSR count). The number of esters is 1. The van der Waals surface area contributed by atoms with Gasteiger partial charge < -0.3 is 24.3 Å². The van der Waals surface area contributed by atoms with Gasteiger partial charge in [-0.1, -0.05) is 6.07 Å². The van der Waals surface area contributed by atoms with Crippen LogP contribution in [0.2, 0.25) is 0 Å². The van der Waals surface area contributed by atoms with Crippen LogP contribution in [0.5, 0.6) is 17.2 Å². The molecule has 0 radical (unpaired) electrons. The number of carbonyl (C=O) groups is 2. The van der Waals surface area contributed by atoms with E-state index in [0.717, 1.165) is 0 Å². The van der Waals surface area contributed by atoms with Crippen molar-refractivity contribution in [2.75, 3.05) is 25.6 Å². The summed E-state index contributed by atoms with van der Waals surface area (Å²) >= 11 is 0. The van der Waals surface area contributed by atoms with Crippen LogP contribution in [0.4, 0.5) is 5.69 Å². The molecule has 7 nitrogen and oxygen atoms in total. The van der Waals surface area contributed by atoms with Crippen molar-refractivity contribution in [3.05, 3.63) is 48.0 Å². The molecule has 2 aromatic carbocycles. The molecule has 0 aromatic heterocycles. The summed E-state index contributed by atoms with van der Waals surface area (Å²) in [4.78, 5) is 24.5. The van der Waals surface area contributed by atoms with Crippen molar-refractivity contribution >= 4 is 17.6 Å². The lowest BCUT2D eigenvalue weighted by Crippen LogP contribution is -2.30. The Morgan fingerprint density at radius 1 is 1.08 bits per heavy atom. The molecule has 0 saturated carbocycles. The van der Waals surface area contributed by atoms with Crippen molar-refractivity contribution in [1.82, 2.24) is 0 Å². The fourth-order valence-electron chi connectivity index (χ4n) is 2.40. The van der Waals surface area contributed by atoms with E-state index in [-0.39, 0.29) is 0 Å². The van der Waals surface area contributed by atoms with Crippen molar-refractivity contribution < 1.29 is 28.5 Å². The summed E-state index contributed by atoms with van der Waals surface area (Å²) in [5, 5.41) is 2.69. The maximum atomic E-state index is 12.3. The number of nitrogens with one attached hydrogen (secondary N) is 1. The first-order valence-electron chi connectivity index (χ1n) is 8.12. The Balaban J connectivity index is 1.61. The van der Waals surface area contributed by atoms with Gasteiger partial charge in [0, 0.05) is 11.8 Å². The number of ether oxygens (including phenoxy) is 4. The number of rotatable bonds is 5. The van der Waals surface area contributed by atoms with Gasteiger partial charge in [0.05, 0.1) is 12.7 Å². The monoisotopic (exact) mass is 357 g/mol. The third kappa shape index (κ3) is 4.05. The smallest absolute Gasteiger partial charge is 0.339 e. The Kier molecular flexibility index (Phi) is 5.26. The van der Waals surface area contributed by atoms with Crippen molar-refractivity contribution in [2.24, 2.45) is 0 Å². The van der Waals surface area contributed by atoms with Crippen molar-refractivity contribution in [3.8, 4) is 17.2 Å². The van der Waals surface area contributed by atoms with E-state index in [1.54, 1.807) is 42.5 Å². The Labute approximate surface area is 150 Å². The van der Waals surface area contributed by atoms with E-state index in [9.17, 15) is 9.59 Å². The second-order valence-electron chi connectivity index (χ2n) is 5.63. The fourth-order valence-corrected chi connectivity index (χ4v) is 2.40. The second kappa shape index (κ2) is 7.77. The van der Waals surface area contributed by atoms with Crippen LogP contribution in [0.25, 0.3) is 0 Å². The largest absolute Gasteiger partial charge is 0.497 e. The first-order chi connectivity index (χ1) is 12.6. The molecule has 1 aliphatic heterocycles. The van der Waals surface area contributed by atoms with E-state index < -0.39 is 18.0 Å². The van der Waals surface area contributed by atoms with Gasteiger partial charge in [-0.15, -0.1) is 0 Å². The summed E-state index contributed by atoms with van der Waals surface area (Å²) in [7, 11) is 1.51. The molecule has 1 heterocycles. The minimum atomic E-state index is -0.970. The van der Waals surface area contributed by atoms with Gasteiger partial charge in [-0.2, -0.15) is 0 Å². The quantitative estimate of drug-likeness (QED) is 0.829. The molecule has 0 spiro atoms. The lowest BCUT2D eigenvalue weighted by atomic mass is 10.2. The standard InChI is InChI=1S/C19H19NO6/c1-12(26-19(22)13-4-3-5-15(10-13)23-2)18(21)20-14-6-7-16-17(11-14)25-9-8-24-16/h3-7,10-12H,8-9H2,1-2H3,(H,20,21)/t12-/m0/s1. The number of anilines is 1. The van der Waals surface area contributed by atoms with E-state index in [1.165, 1.54) is 14.0 Å². The van der Waals surface area contributed by atoms with Gasteiger partial charge in [-0.3, -0.25) is 4.79 Å². The molecule has 0 fully saturated rings. The number of benzene rings is 2. The van der Waals surface area contributed by atoms with Gasteiger partial charge in [0.1, 0.15) is 19.0 Å². The first kappa shape index (κ1) is 17.6. The van der Waals surface area contributed by atoms with Crippen molar-refractivity contribution in [2.45, 2.75) is 13.0 Å². The zero-order valence-corrected chi connectivity index (χ0v) is 14.5. The molecular formula is C19H19NO6. The van der Waals surface area contributed by atoms with Crippen LogP contribution < -0.4 is 19.5 Å². The zero-order chi connectivity index (χ0) is 18.5. The van der Waals surface area contributed by atoms with Crippen molar-refractivity contribution in [1.29, 1.82) is 0 Å². The highest BCUT2D eigenvalue weighted by atomic mass is 16.6. The molecule has 7 heteroatoms. The molecule has 0 aliphatic carbocycles. The molecule has 1 atom stereocenters. The van der Waals surface area contributed by atoms with Crippen LogP contribution in [0.15, 0.2) is 42.5 Å². The summed E-state index contributed by atoms with van der Waals surface area (Å²) in [5.41, 5.74) is 0.840. The number of carbonyl (C=O) groups excluding carboxylic acids is 2. The molecule has 0 unspecified atom stereocenters. The lowest BCUT2D eigenvalue weighted by Gasteiger charge is -2.19. The van der Waals surface area contributed by atoms with Gasteiger partial charge >= 0.3 is 5.97 Å². The molecule has 0 saturated heterocycles. The second-order valence-corrected chi connectivity index (χ2v) is 5.63. The highest BCUT2D eigenvalue weighted by Gasteiger charge is 2.20. The number of hydrogen-bond donors (Lipinski definition) is 1. The topological polar surface area (TPSA) is 83.1 Å². The summed E-state index contributed by atoms with van der Waals surface area (Å²) in [6.07, 6.45) is -0.970. The Morgan fingerprint density at radius 2 is 1.85 bits per heavy atom. The minimum Gasteiger partial charge on any atom is -0.497 e. The predicted molar refractivity (Wildman–Crippen MR) is 93.9 cm³/mol. The third-order valence-electron chi connectivity index (χ3n) is 3.77. The average molecular weight is 357 g/mol. The van der Waals surface area contributed by atoms with Crippen LogP contribution in [-0.2, 0) is 9.53 Å². The van der Waals surface area contributed by atoms with Crippen LogP contribution in [-0.4, -0.2) is 38.3 Å². The average Bonchev–Trinajstić information content (AvgIpc) is 2.67. The molecule has 1 aliphatic rings. The number of fused-ring (bicyclic) bond motifs is 1. The van der Waals surface area contributed by atoms with Gasteiger partial charge in [-0.05, 0) is 37.3 Å². The highest BCUT2D eigenvalue weighted by Crippen LogP contribution is 2.32. The number of hydrogen-bond acceptors (Lipinski definition) is 6. The zero-order valence-electron chi connectivity index (χ0n) is 14.5. The van der Waals surface area contributed by atoms with E-state index in [4.69, 9.17) is 18.9 Å². The SMILES string of the molecule is COc1cccc(C(=O)O[C@@H](C)C(=O)Nc2ccc3c(c2)OCCO3)c1. The molecule has 0 bridgehead atoms. The van der Waals surface area contributed by atoms with Gasteiger partial charge in [-0.25, -0.2) is 4.79 Å². The van der Waals surface area contributed by atoms with Gasteiger partial charge in [0.2, 0.25) is 0 Å². The molecule has 1 amide bonds. The normalized spacial score (nSPS) is 13.5. The van der Waals surface area contributed by atoms with Crippen LogP contribution in [0.1, 0.15) is 17.3 Å². The Bertz CT molecular complexity index is 819. The fraction of sp³-hybridized carbons (Fsp3) is 0.263. The number of methoxy groups -OCH3 is 1. The third-order valence-corrected chi connectivity index (χ3v) is 3.77. The van der Waals surface area contributed by atoms with E-state index in [2.05, 4.69) is 5.32 Å². The van der Waals surface area contributed by atoms with Crippen LogP contribution in [0, 0.1) is 0 Å². The van der Waals surface area contributed by atoms with E-state index in [1.807, 2.05) is 0 Å². The molecule has 26 heavy (non-hydrogen) atoms. The first-order valence-corrected chi connectivity index (χ1v) is 8.12. The van der Waals surface area contributed by atoms with E-state index >= 15 is 0 Å². The molecule has 2 aromatic rings. The van der Waals surface area contributed by atoms with Crippen molar-refractivity contribution in [3.63, 3.8) is 0 Å². The highest BCUT2D eigenvalue weighted by molar-refractivity contribution is 5.97. The molecule has 1 N–H and O–H groups in total. The minimum absolute atomic E-state index is 0.309.